The van der Waals surface area contributed by atoms with Gasteiger partial charge in [-0.15, -0.1) is 0 Å². The SMILES string of the molecule is CC(C)C(c1ccc(F)cc1)c1ccc(F)cc1. The molecule has 94 valence electrons. The first-order valence-electron chi connectivity index (χ1n) is 6.09. The van der Waals surface area contributed by atoms with Crippen LogP contribution in [0.1, 0.15) is 30.9 Å². The molecule has 0 aliphatic carbocycles. The molecule has 0 nitrogen and oxygen atoms in total. The summed E-state index contributed by atoms with van der Waals surface area (Å²) >= 11 is 0. The molecule has 0 atom stereocenters. The van der Waals surface area contributed by atoms with Crippen molar-refractivity contribution in [1.29, 1.82) is 0 Å². The van der Waals surface area contributed by atoms with Gasteiger partial charge in [0.25, 0.3) is 0 Å². The Morgan fingerprint density at radius 1 is 0.667 bits per heavy atom. The highest BCUT2D eigenvalue weighted by atomic mass is 19.1. The summed E-state index contributed by atoms with van der Waals surface area (Å²) in [5.41, 5.74) is 2.11. The molecule has 0 unspecified atom stereocenters. The number of rotatable bonds is 3. The van der Waals surface area contributed by atoms with Gasteiger partial charge in [0.05, 0.1) is 0 Å². The molecule has 0 aliphatic heterocycles. The van der Waals surface area contributed by atoms with Crippen molar-refractivity contribution in [3.8, 4) is 0 Å². The topological polar surface area (TPSA) is 0 Å². The fourth-order valence-electron chi connectivity index (χ4n) is 2.30. The smallest absolute Gasteiger partial charge is 0.123 e. The van der Waals surface area contributed by atoms with E-state index < -0.39 is 0 Å². The van der Waals surface area contributed by atoms with Crippen molar-refractivity contribution in [3.05, 3.63) is 71.3 Å². The van der Waals surface area contributed by atoms with E-state index in [2.05, 4.69) is 13.8 Å². The highest BCUT2D eigenvalue weighted by Crippen LogP contribution is 2.31. The van der Waals surface area contributed by atoms with Crippen LogP contribution < -0.4 is 0 Å². The van der Waals surface area contributed by atoms with E-state index in [1.807, 2.05) is 0 Å². The van der Waals surface area contributed by atoms with Crippen LogP contribution in [0.3, 0.4) is 0 Å². The van der Waals surface area contributed by atoms with Gasteiger partial charge < -0.3 is 0 Å². The first-order chi connectivity index (χ1) is 8.58. The summed E-state index contributed by atoms with van der Waals surface area (Å²) in [7, 11) is 0. The van der Waals surface area contributed by atoms with Crippen molar-refractivity contribution in [3.63, 3.8) is 0 Å². The standard InChI is InChI=1S/C16H16F2/c1-11(2)16(12-3-7-14(17)8-4-12)13-5-9-15(18)10-6-13/h3-11,16H,1-2H3. The third-order valence-electron chi connectivity index (χ3n) is 3.12. The lowest BCUT2D eigenvalue weighted by Gasteiger charge is -2.22. The maximum absolute atomic E-state index is 13.0. The van der Waals surface area contributed by atoms with Crippen LogP contribution in [0.4, 0.5) is 8.78 Å². The van der Waals surface area contributed by atoms with Crippen LogP contribution in [0.25, 0.3) is 0 Å². The molecule has 2 heteroatoms. The van der Waals surface area contributed by atoms with E-state index in [4.69, 9.17) is 0 Å². The predicted molar refractivity (Wildman–Crippen MR) is 69.5 cm³/mol. The van der Waals surface area contributed by atoms with Gasteiger partial charge in [0, 0.05) is 5.92 Å². The largest absolute Gasteiger partial charge is 0.207 e. The molecule has 0 saturated carbocycles. The van der Waals surface area contributed by atoms with Crippen molar-refractivity contribution in [2.24, 2.45) is 5.92 Å². The van der Waals surface area contributed by atoms with Crippen LogP contribution in [0, 0.1) is 17.6 Å². The van der Waals surface area contributed by atoms with Gasteiger partial charge in [-0.3, -0.25) is 0 Å². The van der Waals surface area contributed by atoms with Crippen LogP contribution >= 0.6 is 0 Å². The first-order valence-corrected chi connectivity index (χ1v) is 6.09. The lowest BCUT2D eigenvalue weighted by Crippen LogP contribution is -2.08. The predicted octanol–water partition coefficient (Wildman–Crippen LogP) is 4.75. The number of benzene rings is 2. The van der Waals surface area contributed by atoms with E-state index in [9.17, 15) is 8.78 Å². The van der Waals surface area contributed by atoms with Gasteiger partial charge in [0.2, 0.25) is 0 Å². The van der Waals surface area contributed by atoms with E-state index in [0.29, 0.717) is 5.92 Å². The molecule has 0 bridgehead atoms. The van der Waals surface area contributed by atoms with E-state index in [1.54, 1.807) is 24.3 Å². The van der Waals surface area contributed by atoms with E-state index in [-0.39, 0.29) is 17.6 Å². The lowest BCUT2D eigenvalue weighted by molar-refractivity contribution is 0.558. The number of hydrogen-bond acceptors (Lipinski definition) is 0. The summed E-state index contributed by atoms with van der Waals surface area (Å²) in [6.07, 6.45) is 0. The Morgan fingerprint density at radius 2 is 1.00 bits per heavy atom. The summed E-state index contributed by atoms with van der Waals surface area (Å²) in [6, 6.07) is 13.0. The van der Waals surface area contributed by atoms with Crippen LogP contribution in [0.15, 0.2) is 48.5 Å². The van der Waals surface area contributed by atoms with Gasteiger partial charge >= 0.3 is 0 Å². The molecule has 0 radical (unpaired) electrons. The van der Waals surface area contributed by atoms with Gasteiger partial charge in [0.1, 0.15) is 11.6 Å². The van der Waals surface area contributed by atoms with Gasteiger partial charge in [-0.2, -0.15) is 0 Å². The summed E-state index contributed by atoms with van der Waals surface area (Å²) in [5.74, 6) is 0.0489. The van der Waals surface area contributed by atoms with Crippen molar-refractivity contribution in [2.75, 3.05) is 0 Å². The Morgan fingerprint density at radius 3 is 1.28 bits per heavy atom. The monoisotopic (exact) mass is 246 g/mol. The Bertz CT molecular complexity index is 452. The maximum Gasteiger partial charge on any atom is 0.123 e. The highest BCUT2D eigenvalue weighted by Gasteiger charge is 2.18. The average Bonchev–Trinajstić information content (AvgIpc) is 2.34. The molecule has 18 heavy (non-hydrogen) atoms. The molecule has 0 aliphatic rings. The van der Waals surface area contributed by atoms with Crippen molar-refractivity contribution in [2.45, 2.75) is 19.8 Å². The molecule has 0 fully saturated rings. The van der Waals surface area contributed by atoms with Crippen molar-refractivity contribution < 1.29 is 8.78 Å². The Labute approximate surface area is 106 Å². The normalized spacial score (nSPS) is 11.2. The Hall–Kier alpha value is -1.70. The van der Waals surface area contributed by atoms with Crippen LogP contribution in [-0.2, 0) is 0 Å². The fourth-order valence-corrected chi connectivity index (χ4v) is 2.30. The zero-order chi connectivity index (χ0) is 13.1. The summed E-state index contributed by atoms with van der Waals surface area (Å²) in [6.45, 7) is 4.22. The Balaban J connectivity index is 2.39. The minimum absolute atomic E-state index is 0.159. The van der Waals surface area contributed by atoms with Crippen LogP contribution in [0.5, 0.6) is 0 Å². The quantitative estimate of drug-likeness (QED) is 0.733. The molecule has 0 saturated heterocycles. The first kappa shape index (κ1) is 12.7. The third-order valence-corrected chi connectivity index (χ3v) is 3.12. The molecular weight excluding hydrogens is 230 g/mol. The summed E-state index contributed by atoms with van der Waals surface area (Å²) < 4.78 is 25.9. The van der Waals surface area contributed by atoms with Crippen molar-refractivity contribution in [1.82, 2.24) is 0 Å². The maximum atomic E-state index is 13.0. The average molecular weight is 246 g/mol. The van der Waals surface area contributed by atoms with Gasteiger partial charge in [0.15, 0.2) is 0 Å². The second-order valence-corrected chi connectivity index (χ2v) is 4.82. The van der Waals surface area contributed by atoms with Crippen LogP contribution in [0.2, 0.25) is 0 Å². The van der Waals surface area contributed by atoms with E-state index >= 15 is 0 Å². The third kappa shape index (κ3) is 2.76. The molecule has 2 aromatic carbocycles. The van der Waals surface area contributed by atoms with Crippen LogP contribution in [-0.4, -0.2) is 0 Å². The molecular formula is C16H16F2. The minimum Gasteiger partial charge on any atom is -0.207 e. The zero-order valence-electron chi connectivity index (χ0n) is 10.5. The van der Waals surface area contributed by atoms with E-state index in [1.165, 1.54) is 24.3 Å². The zero-order valence-corrected chi connectivity index (χ0v) is 10.5. The fraction of sp³-hybridized carbons (Fsp3) is 0.250. The minimum atomic E-state index is -0.236. The molecule has 0 aromatic heterocycles. The lowest BCUT2D eigenvalue weighted by atomic mass is 9.83. The summed E-state index contributed by atoms with van der Waals surface area (Å²) in [4.78, 5) is 0. The van der Waals surface area contributed by atoms with E-state index in [0.717, 1.165) is 11.1 Å². The molecule has 0 heterocycles. The van der Waals surface area contributed by atoms with Gasteiger partial charge in [-0.1, -0.05) is 38.1 Å². The highest BCUT2D eigenvalue weighted by molar-refractivity contribution is 5.33. The molecule has 0 amide bonds. The second-order valence-electron chi connectivity index (χ2n) is 4.82. The Kier molecular flexibility index (Phi) is 3.75. The number of hydrogen-bond donors (Lipinski definition) is 0. The summed E-state index contributed by atoms with van der Waals surface area (Å²) in [5, 5.41) is 0. The van der Waals surface area contributed by atoms with Gasteiger partial charge in [-0.25, -0.2) is 8.78 Å². The van der Waals surface area contributed by atoms with Crippen molar-refractivity contribution >= 4 is 0 Å². The molecule has 2 aromatic rings. The molecule has 0 N–H and O–H groups in total. The molecule has 0 spiro atoms. The number of halogens is 2. The van der Waals surface area contributed by atoms with Gasteiger partial charge in [-0.05, 0) is 41.3 Å². The molecule has 2 rings (SSSR count). The second kappa shape index (κ2) is 5.30.